The van der Waals surface area contributed by atoms with Crippen LogP contribution >= 0.6 is 0 Å². The molecule has 0 bridgehead atoms. The van der Waals surface area contributed by atoms with E-state index in [1.807, 2.05) is 0 Å². The van der Waals surface area contributed by atoms with E-state index in [4.69, 9.17) is 4.74 Å². The van der Waals surface area contributed by atoms with Gasteiger partial charge in [0.05, 0.1) is 7.11 Å². The minimum absolute atomic E-state index is 0.228. The molecule has 0 unspecified atom stereocenters. The van der Waals surface area contributed by atoms with Crippen molar-refractivity contribution in [3.8, 4) is 5.75 Å². The molecule has 0 aliphatic heterocycles. The molecule has 2 N–H and O–H groups in total. The van der Waals surface area contributed by atoms with Gasteiger partial charge in [0.25, 0.3) is 5.91 Å². The number of carbonyl (C=O) groups is 1. The van der Waals surface area contributed by atoms with Crippen LogP contribution in [0.15, 0.2) is 36.7 Å². The lowest BCUT2D eigenvalue weighted by molar-refractivity contribution is 0.102. The van der Waals surface area contributed by atoms with Crippen LogP contribution < -0.4 is 10.1 Å². The van der Waals surface area contributed by atoms with E-state index in [-0.39, 0.29) is 5.91 Å². The molecule has 0 saturated heterocycles. The first kappa shape index (κ1) is 10.2. The molecule has 0 atom stereocenters. The van der Waals surface area contributed by atoms with Crippen molar-refractivity contribution in [1.82, 2.24) is 9.97 Å². The summed E-state index contributed by atoms with van der Waals surface area (Å²) in [5.41, 5.74) is 0.524. The van der Waals surface area contributed by atoms with Crippen molar-refractivity contribution in [3.63, 3.8) is 0 Å². The number of carbonyl (C=O) groups excluding carboxylic acids is 1. The van der Waals surface area contributed by atoms with Gasteiger partial charge in [0.2, 0.25) is 5.95 Å². The first-order valence-electron chi connectivity index (χ1n) is 4.74. The molecule has 1 aromatic heterocycles. The van der Waals surface area contributed by atoms with Gasteiger partial charge < -0.3 is 9.72 Å². The van der Waals surface area contributed by atoms with Crippen LogP contribution in [0.2, 0.25) is 0 Å². The summed E-state index contributed by atoms with van der Waals surface area (Å²) in [6.07, 6.45) is 3.21. The van der Waals surface area contributed by atoms with E-state index in [9.17, 15) is 4.79 Å². The number of aromatic amines is 1. The number of ether oxygens (including phenoxy) is 1. The van der Waals surface area contributed by atoms with Crippen LogP contribution in [0.4, 0.5) is 5.95 Å². The van der Waals surface area contributed by atoms with Crippen molar-refractivity contribution in [1.29, 1.82) is 0 Å². The summed E-state index contributed by atoms with van der Waals surface area (Å²) in [5.74, 6) is 0.841. The Bertz CT molecular complexity index is 480. The maximum Gasteiger partial charge on any atom is 0.258 e. The molecule has 0 aliphatic rings. The van der Waals surface area contributed by atoms with Gasteiger partial charge in [0, 0.05) is 18.0 Å². The van der Waals surface area contributed by atoms with Gasteiger partial charge in [-0.25, -0.2) is 4.98 Å². The minimum atomic E-state index is -0.228. The third-order valence-electron chi connectivity index (χ3n) is 2.06. The highest BCUT2D eigenvalue weighted by Gasteiger charge is 2.07. The Morgan fingerprint density at radius 3 is 3.06 bits per heavy atom. The number of methoxy groups -OCH3 is 1. The van der Waals surface area contributed by atoms with Gasteiger partial charge >= 0.3 is 0 Å². The number of nitrogens with one attached hydrogen (secondary N) is 2. The number of H-pyrrole nitrogens is 1. The van der Waals surface area contributed by atoms with E-state index in [1.165, 1.54) is 0 Å². The quantitative estimate of drug-likeness (QED) is 0.821. The summed E-state index contributed by atoms with van der Waals surface area (Å²) in [5, 5.41) is 2.63. The lowest BCUT2D eigenvalue weighted by atomic mass is 10.2. The summed E-state index contributed by atoms with van der Waals surface area (Å²) >= 11 is 0. The maximum atomic E-state index is 11.8. The second kappa shape index (κ2) is 4.48. The van der Waals surface area contributed by atoms with Crippen molar-refractivity contribution < 1.29 is 9.53 Å². The van der Waals surface area contributed by atoms with Crippen LogP contribution in [0.5, 0.6) is 5.75 Å². The van der Waals surface area contributed by atoms with E-state index < -0.39 is 0 Å². The molecule has 0 fully saturated rings. The zero-order valence-electron chi connectivity index (χ0n) is 8.73. The highest BCUT2D eigenvalue weighted by atomic mass is 16.5. The summed E-state index contributed by atoms with van der Waals surface area (Å²) < 4.78 is 5.04. The van der Waals surface area contributed by atoms with Gasteiger partial charge in [-0.3, -0.25) is 10.1 Å². The fourth-order valence-electron chi connectivity index (χ4n) is 1.28. The van der Waals surface area contributed by atoms with Crippen molar-refractivity contribution in [3.05, 3.63) is 42.2 Å². The summed E-state index contributed by atoms with van der Waals surface area (Å²) in [6.45, 7) is 0. The third kappa shape index (κ3) is 2.20. The number of imidazole rings is 1. The Hall–Kier alpha value is -2.30. The van der Waals surface area contributed by atoms with Gasteiger partial charge in [0.15, 0.2) is 0 Å². The summed E-state index contributed by atoms with van der Waals surface area (Å²) in [4.78, 5) is 18.5. The van der Waals surface area contributed by atoms with Gasteiger partial charge in [-0.15, -0.1) is 0 Å². The topological polar surface area (TPSA) is 67.0 Å². The van der Waals surface area contributed by atoms with E-state index >= 15 is 0 Å². The van der Waals surface area contributed by atoms with E-state index in [0.29, 0.717) is 17.3 Å². The van der Waals surface area contributed by atoms with Crippen molar-refractivity contribution in [2.24, 2.45) is 0 Å². The second-order valence-corrected chi connectivity index (χ2v) is 3.12. The average molecular weight is 217 g/mol. The van der Waals surface area contributed by atoms with E-state index in [2.05, 4.69) is 15.3 Å². The molecule has 5 nitrogen and oxygen atoms in total. The first-order valence-corrected chi connectivity index (χ1v) is 4.74. The number of amides is 1. The third-order valence-corrected chi connectivity index (χ3v) is 2.06. The predicted molar refractivity (Wildman–Crippen MR) is 59.5 cm³/mol. The highest BCUT2D eigenvalue weighted by Crippen LogP contribution is 2.13. The van der Waals surface area contributed by atoms with Crippen LogP contribution in [-0.4, -0.2) is 23.0 Å². The second-order valence-electron chi connectivity index (χ2n) is 3.12. The fourth-order valence-corrected chi connectivity index (χ4v) is 1.28. The predicted octanol–water partition coefficient (Wildman–Crippen LogP) is 1.67. The molecule has 82 valence electrons. The van der Waals surface area contributed by atoms with Gasteiger partial charge in [-0.05, 0) is 18.2 Å². The number of hydrogen-bond acceptors (Lipinski definition) is 3. The smallest absolute Gasteiger partial charge is 0.258 e. The molecule has 0 saturated carbocycles. The fraction of sp³-hybridized carbons (Fsp3) is 0.0909. The van der Waals surface area contributed by atoms with E-state index in [1.54, 1.807) is 43.8 Å². The van der Waals surface area contributed by atoms with Crippen molar-refractivity contribution in [2.75, 3.05) is 12.4 Å². The van der Waals surface area contributed by atoms with Gasteiger partial charge in [-0.1, -0.05) is 6.07 Å². The minimum Gasteiger partial charge on any atom is -0.497 e. The first-order chi connectivity index (χ1) is 7.79. The molecule has 0 aliphatic carbocycles. The Morgan fingerprint density at radius 1 is 1.50 bits per heavy atom. The molecular formula is C11H11N3O2. The molecule has 16 heavy (non-hydrogen) atoms. The standard InChI is InChI=1S/C11H11N3O2/c1-16-9-4-2-3-8(7-9)10(15)14-11-12-5-6-13-11/h2-7H,1H3,(H2,12,13,14,15). The van der Waals surface area contributed by atoms with Crippen molar-refractivity contribution in [2.45, 2.75) is 0 Å². The Kier molecular flexibility index (Phi) is 2.86. The largest absolute Gasteiger partial charge is 0.497 e. The number of anilines is 1. The van der Waals surface area contributed by atoms with Crippen LogP contribution in [0, 0.1) is 0 Å². The van der Waals surface area contributed by atoms with Gasteiger partial charge in [-0.2, -0.15) is 0 Å². The molecule has 0 spiro atoms. The van der Waals surface area contributed by atoms with E-state index in [0.717, 1.165) is 0 Å². The highest BCUT2D eigenvalue weighted by molar-refractivity contribution is 6.03. The van der Waals surface area contributed by atoms with Crippen LogP contribution in [0.1, 0.15) is 10.4 Å². The van der Waals surface area contributed by atoms with Crippen LogP contribution in [-0.2, 0) is 0 Å². The molecule has 0 radical (unpaired) electrons. The molecule has 2 aromatic rings. The Morgan fingerprint density at radius 2 is 2.38 bits per heavy atom. The number of hydrogen-bond donors (Lipinski definition) is 2. The molecule has 1 heterocycles. The number of rotatable bonds is 3. The Balaban J connectivity index is 2.14. The van der Waals surface area contributed by atoms with Crippen LogP contribution in [0.3, 0.4) is 0 Å². The number of aromatic nitrogens is 2. The summed E-state index contributed by atoms with van der Waals surface area (Å²) in [7, 11) is 1.56. The zero-order chi connectivity index (χ0) is 11.4. The van der Waals surface area contributed by atoms with Crippen molar-refractivity contribution >= 4 is 11.9 Å². The monoisotopic (exact) mass is 217 g/mol. The molecular weight excluding hydrogens is 206 g/mol. The lowest BCUT2D eigenvalue weighted by Crippen LogP contribution is -2.12. The average Bonchev–Trinajstić information content (AvgIpc) is 2.82. The maximum absolute atomic E-state index is 11.8. The number of nitrogens with zero attached hydrogens (tertiary/aromatic N) is 1. The Labute approximate surface area is 92.5 Å². The number of benzene rings is 1. The zero-order valence-corrected chi connectivity index (χ0v) is 8.73. The SMILES string of the molecule is COc1cccc(C(=O)Nc2ncc[nH]2)c1. The summed E-state index contributed by atoms with van der Waals surface area (Å²) in [6, 6.07) is 6.92. The molecule has 2 rings (SSSR count). The molecule has 1 amide bonds. The molecule has 1 aromatic carbocycles. The molecule has 5 heteroatoms. The van der Waals surface area contributed by atoms with Gasteiger partial charge in [0.1, 0.15) is 5.75 Å². The van der Waals surface area contributed by atoms with Crippen LogP contribution in [0.25, 0.3) is 0 Å². The normalized spacial score (nSPS) is 9.81. The lowest BCUT2D eigenvalue weighted by Gasteiger charge is -2.04.